The van der Waals surface area contributed by atoms with Crippen LogP contribution in [-0.4, -0.2) is 35.6 Å². The standard InChI is InChI=1S/C22H30N2O5S/c1-13(2)17-12-18(14(3)10-21(17)29-7)15(4)24-30(26,27)16-8-9-20(28-6)19(11-16)22(25)23-5/h8-13,15,24H,1-7H3,(H,23,25)/t15-/m1/s1. The number of carbonyl (C=O) groups excluding carboxylic acids is 1. The van der Waals surface area contributed by atoms with Gasteiger partial charge in [0.05, 0.1) is 24.7 Å². The monoisotopic (exact) mass is 434 g/mol. The Kier molecular flexibility index (Phi) is 7.49. The summed E-state index contributed by atoms with van der Waals surface area (Å²) in [6.07, 6.45) is 0. The number of amides is 1. The molecule has 2 rings (SSSR count). The molecule has 8 heteroatoms. The molecule has 0 aromatic heterocycles. The van der Waals surface area contributed by atoms with E-state index in [2.05, 4.69) is 23.9 Å². The predicted octanol–water partition coefficient (Wildman–Crippen LogP) is 3.53. The molecule has 164 valence electrons. The first-order chi connectivity index (χ1) is 14.0. The summed E-state index contributed by atoms with van der Waals surface area (Å²) >= 11 is 0. The van der Waals surface area contributed by atoms with Crippen molar-refractivity contribution >= 4 is 15.9 Å². The molecule has 7 nitrogen and oxygen atoms in total. The second-order valence-electron chi connectivity index (χ2n) is 7.39. The number of carbonyl (C=O) groups is 1. The zero-order valence-electron chi connectivity index (χ0n) is 18.5. The molecule has 2 aromatic rings. The van der Waals surface area contributed by atoms with E-state index in [-0.39, 0.29) is 16.4 Å². The molecule has 30 heavy (non-hydrogen) atoms. The minimum absolute atomic E-state index is 0.0102. The van der Waals surface area contributed by atoms with Crippen LogP contribution >= 0.6 is 0 Å². The van der Waals surface area contributed by atoms with Gasteiger partial charge in [-0.15, -0.1) is 0 Å². The fraction of sp³-hybridized carbons (Fsp3) is 0.409. The molecule has 0 saturated carbocycles. The van der Waals surface area contributed by atoms with Gasteiger partial charge in [0.1, 0.15) is 11.5 Å². The van der Waals surface area contributed by atoms with E-state index in [1.807, 2.05) is 19.1 Å². The molecule has 1 amide bonds. The summed E-state index contributed by atoms with van der Waals surface area (Å²) < 4.78 is 39.4. The highest BCUT2D eigenvalue weighted by Gasteiger charge is 2.23. The van der Waals surface area contributed by atoms with Gasteiger partial charge in [-0.1, -0.05) is 13.8 Å². The number of benzene rings is 2. The number of ether oxygens (including phenoxy) is 2. The van der Waals surface area contributed by atoms with Gasteiger partial charge >= 0.3 is 0 Å². The topological polar surface area (TPSA) is 93.7 Å². The predicted molar refractivity (Wildman–Crippen MR) is 117 cm³/mol. The third-order valence-electron chi connectivity index (χ3n) is 4.99. The normalized spacial score (nSPS) is 12.5. The maximum atomic E-state index is 13.0. The van der Waals surface area contributed by atoms with Crippen LogP contribution < -0.4 is 19.5 Å². The summed E-state index contributed by atoms with van der Waals surface area (Å²) in [5.74, 6) is 0.880. The highest BCUT2D eigenvalue weighted by atomic mass is 32.2. The van der Waals surface area contributed by atoms with E-state index in [0.29, 0.717) is 5.75 Å². The Hall–Kier alpha value is -2.58. The highest BCUT2D eigenvalue weighted by molar-refractivity contribution is 7.89. The van der Waals surface area contributed by atoms with Crippen molar-refractivity contribution in [3.05, 3.63) is 52.6 Å². The molecule has 0 saturated heterocycles. The van der Waals surface area contributed by atoms with Crippen LogP contribution in [0.25, 0.3) is 0 Å². The Bertz CT molecular complexity index is 1030. The van der Waals surface area contributed by atoms with Gasteiger partial charge in [0.15, 0.2) is 0 Å². The van der Waals surface area contributed by atoms with E-state index in [9.17, 15) is 13.2 Å². The van der Waals surface area contributed by atoms with E-state index in [1.54, 1.807) is 14.0 Å². The van der Waals surface area contributed by atoms with Crippen LogP contribution in [0.15, 0.2) is 35.2 Å². The quantitative estimate of drug-likeness (QED) is 0.663. The largest absolute Gasteiger partial charge is 0.496 e. The van der Waals surface area contributed by atoms with Crippen molar-refractivity contribution < 1.29 is 22.7 Å². The number of hydrogen-bond donors (Lipinski definition) is 2. The third-order valence-corrected chi connectivity index (χ3v) is 6.53. The summed E-state index contributed by atoms with van der Waals surface area (Å²) in [5, 5.41) is 2.49. The van der Waals surface area contributed by atoms with E-state index in [1.165, 1.54) is 32.4 Å². The first kappa shape index (κ1) is 23.7. The molecule has 0 unspecified atom stereocenters. The second-order valence-corrected chi connectivity index (χ2v) is 9.10. The molecule has 2 aromatic carbocycles. The van der Waals surface area contributed by atoms with Crippen LogP contribution in [0.3, 0.4) is 0 Å². The van der Waals surface area contributed by atoms with Crippen LogP contribution in [0.1, 0.15) is 59.8 Å². The van der Waals surface area contributed by atoms with Gasteiger partial charge in [-0.3, -0.25) is 4.79 Å². The van der Waals surface area contributed by atoms with Gasteiger partial charge in [-0.2, -0.15) is 0 Å². The summed E-state index contributed by atoms with van der Waals surface area (Å²) in [7, 11) is 0.646. The number of rotatable bonds is 8. The Morgan fingerprint density at radius 1 is 0.967 bits per heavy atom. The van der Waals surface area contributed by atoms with Crippen molar-refractivity contribution in [3.63, 3.8) is 0 Å². The number of methoxy groups -OCH3 is 2. The number of hydrogen-bond acceptors (Lipinski definition) is 5. The Morgan fingerprint density at radius 2 is 1.60 bits per heavy atom. The molecule has 2 N–H and O–H groups in total. The average Bonchev–Trinajstić information content (AvgIpc) is 2.71. The summed E-state index contributed by atoms with van der Waals surface area (Å²) in [6, 6.07) is 7.62. The summed E-state index contributed by atoms with van der Waals surface area (Å²) in [6.45, 7) is 7.83. The van der Waals surface area contributed by atoms with Crippen LogP contribution in [-0.2, 0) is 10.0 Å². The third kappa shape index (κ3) is 4.94. The van der Waals surface area contributed by atoms with Crippen molar-refractivity contribution in [1.82, 2.24) is 10.0 Å². The van der Waals surface area contributed by atoms with Crippen molar-refractivity contribution in [3.8, 4) is 11.5 Å². The number of sulfonamides is 1. The number of aryl methyl sites for hydroxylation is 1. The number of nitrogens with one attached hydrogen (secondary N) is 2. The lowest BCUT2D eigenvalue weighted by Gasteiger charge is -2.21. The van der Waals surface area contributed by atoms with E-state index < -0.39 is 22.0 Å². The van der Waals surface area contributed by atoms with Crippen LogP contribution in [0.5, 0.6) is 11.5 Å². The van der Waals surface area contributed by atoms with E-state index in [0.717, 1.165) is 22.4 Å². The van der Waals surface area contributed by atoms with Crippen LogP contribution in [0.4, 0.5) is 0 Å². The Morgan fingerprint density at radius 3 is 2.13 bits per heavy atom. The van der Waals surface area contributed by atoms with E-state index in [4.69, 9.17) is 9.47 Å². The Labute approximate surface area is 178 Å². The minimum Gasteiger partial charge on any atom is -0.496 e. The fourth-order valence-corrected chi connectivity index (χ4v) is 4.59. The lowest BCUT2D eigenvalue weighted by molar-refractivity contribution is 0.0960. The van der Waals surface area contributed by atoms with Crippen molar-refractivity contribution in [2.24, 2.45) is 0 Å². The lowest BCUT2D eigenvalue weighted by Crippen LogP contribution is -2.28. The van der Waals surface area contributed by atoms with Crippen LogP contribution in [0.2, 0.25) is 0 Å². The van der Waals surface area contributed by atoms with Gasteiger partial charge in [0, 0.05) is 13.1 Å². The maximum Gasteiger partial charge on any atom is 0.254 e. The molecule has 0 fully saturated rings. The molecule has 0 aliphatic carbocycles. The minimum atomic E-state index is -3.88. The first-order valence-corrected chi connectivity index (χ1v) is 11.1. The molecule has 1 atom stereocenters. The summed E-state index contributed by atoms with van der Waals surface area (Å²) in [5.41, 5.74) is 2.95. The average molecular weight is 435 g/mol. The zero-order valence-corrected chi connectivity index (χ0v) is 19.3. The molecular weight excluding hydrogens is 404 g/mol. The van der Waals surface area contributed by atoms with Crippen molar-refractivity contribution in [2.75, 3.05) is 21.3 Å². The molecular formula is C22H30N2O5S. The zero-order chi connectivity index (χ0) is 22.6. The van der Waals surface area contributed by atoms with E-state index >= 15 is 0 Å². The molecule has 0 spiro atoms. The summed E-state index contributed by atoms with van der Waals surface area (Å²) in [4.78, 5) is 12.1. The first-order valence-electron chi connectivity index (χ1n) is 9.66. The SMILES string of the molecule is CNC(=O)c1cc(S(=O)(=O)N[C@H](C)c2cc(C(C)C)c(OC)cc2C)ccc1OC. The van der Waals surface area contributed by atoms with Gasteiger partial charge in [-0.05, 0) is 66.8 Å². The maximum absolute atomic E-state index is 13.0. The second kappa shape index (κ2) is 9.49. The molecule has 0 radical (unpaired) electrons. The molecule has 0 aliphatic heterocycles. The Balaban J connectivity index is 2.42. The molecule has 0 heterocycles. The van der Waals surface area contributed by atoms with Crippen LogP contribution in [0, 0.1) is 6.92 Å². The van der Waals surface area contributed by atoms with Gasteiger partial charge in [0.25, 0.3) is 5.91 Å². The molecule has 0 bridgehead atoms. The highest BCUT2D eigenvalue weighted by Crippen LogP contribution is 2.32. The van der Waals surface area contributed by atoms with Gasteiger partial charge in [-0.25, -0.2) is 13.1 Å². The van der Waals surface area contributed by atoms with Gasteiger partial charge in [0.2, 0.25) is 10.0 Å². The lowest BCUT2D eigenvalue weighted by atomic mass is 9.94. The smallest absolute Gasteiger partial charge is 0.254 e. The fourth-order valence-electron chi connectivity index (χ4n) is 3.34. The molecule has 0 aliphatic rings. The van der Waals surface area contributed by atoms with Gasteiger partial charge < -0.3 is 14.8 Å². The van der Waals surface area contributed by atoms with Crippen molar-refractivity contribution in [1.29, 1.82) is 0 Å². The van der Waals surface area contributed by atoms with Crippen molar-refractivity contribution in [2.45, 2.75) is 44.6 Å².